The lowest BCUT2D eigenvalue weighted by Crippen LogP contribution is -2.33. The molecular weight excluding hydrogens is 254 g/mol. The van der Waals surface area contributed by atoms with Crippen molar-refractivity contribution < 1.29 is 14.3 Å². The zero-order valence-corrected chi connectivity index (χ0v) is 11.1. The number of hydrogen-bond donors (Lipinski definition) is 2. The lowest BCUT2D eigenvalue weighted by Gasteiger charge is -2.17. The van der Waals surface area contributed by atoms with Gasteiger partial charge in [-0.2, -0.15) is 0 Å². The van der Waals surface area contributed by atoms with Gasteiger partial charge in [0.25, 0.3) is 0 Å². The molecule has 104 valence electrons. The van der Waals surface area contributed by atoms with Crippen LogP contribution in [-0.2, 0) is 17.6 Å². The van der Waals surface area contributed by atoms with Crippen LogP contribution in [-0.4, -0.2) is 17.1 Å². The second kappa shape index (κ2) is 5.51. The molecule has 2 aromatic rings. The Hall–Kier alpha value is -2.07. The second-order valence-electron chi connectivity index (χ2n) is 5.09. The summed E-state index contributed by atoms with van der Waals surface area (Å²) in [6.07, 6.45) is 2.59. The van der Waals surface area contributed by atoms with Crippen molar-refractivity contribution in [2.24, 2.45) is 0 Å². The van der Waals surface area contributed by atoms with Crippen LogP contribution in [0.3, 0.4) is 0 Å². The minimum absolute atomic E-state index is 0.0675. The smallest absolute Gasteiger partial charge is 0.221 e. The molecule has 1 aliphatic carbocycles. The maximum absolute atomic E-state index is 12.0. The van der Waals surface area contributed by atoms with Crippen LogP contribution in [0.2, 0.25) is 0 Å². The van der Waals surface area contributed by atoms with Gasteiger partial charge in [-0.3, -0.25) is 4.79 Å². The standard InChI is InChI=1S/C16H17NO3/c18-14-10-11-4-1-2-6-13(11)16(14)17-15(19)8-7-12-5-3-9-20-12/h1-6,9,14,16,18H,7-8,10H2,(H,17,19). The summed E-state index contributed by atoms with van der Waals surface area (Å²) in [7, 11) is 0. The van der Waals surface area contributed by atoms with Gasteiger partial charge in [-0.1, -0.05) is 24.3 Å². The number of fused-ring (bicyclic) bond motifs is 1. The number of aliphatic hydroxyl groups is 1. The molecule has 1 amide bonds. The van der Waals surface area contributed by atoms with E-state index in [9.17, 15) is 9.90 Å². The Bertz CT molecular complexity index is 592. The fraction of sp³-hybridized carbons (Fsp3) is 0.312. The largest absolute Gasteiger partial charge is 0.469 e. The normalized spacial score (nSPS) is 20.6. The van der Waals surface area contributed by atoms with Crippen LogP contribution < -0.4 is 5.32 Å². The molecule has 0 saturated heterocycles. The van der Waals surface area contributed by atoms with Crippen molar-refractivity contribution in [3.63, 3.8) is 0 Å². The molecule has 1 heterocycles. The number of nitrogens with one attached hydrogen (secondary N) is 1. The number of hydrogen-bond acceptors (Lipinski definition) is 3. The van der Waals surface area contributed by atoms with E-state index in [-0.39, 0.29) is 11.9 Å². The van der Waals surface area contributed by atoms with Crippen LogP contribution in [0.25, 0.3) is 0 Å². The van der Waals surface area contributed by atoms with Gasteiger partial charge in [-0.05, 0) is 23.3 Å². The molecule has 1 aliphatic rings. The first-order valence-electron chi connectivity index (χ1n) is 6.81. The molecule has 4 heteroatoms. The van der Waals surface area contributed by atoms with E-state index in [2.05, 4.69) is 5.32 Å². The van der Waals surface area contributed by atoms with Crippen molar-refractivity contribution in [2.45, 2.75) is 31.4 Å². The topological polar surface area (TPSA) is 62.5 Å². The lowest BCUT2D eigenvalue weighted by atomic mass is 10.1. The maximum atomic E-state index is 12.0. The predicted molar refractivity (Wildman–Crippen MR) is 74.1 cm³/mol. The Kier molecular flexibility index (Phi) is 3.56. The Morgan fingerprint density at radius 3 is 2.95 bits per heavy atom. The zero-order valence-electron chi connectivity index (χ0n) is 11.1. The number of aryl methyl sites for hydroxylation is 1. The van der Waals surface area contributed by atoms with E-state index in [0.717, 1.165) is 16.9 Å². The van der Waals surface area contributed by atoms with Gasteiger partial charge in [-0.25, -0.2) is 0 Å². The molecule has 1 aromatic carbocycles. The van der Waals surface area contributed by atoms with Crippen molar-refractivity contribution in [2.75, 3.05) is 0 Å². The van der Waals surface area contributed by atoms with Gasteiger partial charge in [0.15, 0.2) is 0 Å². The van der Waals surface area contributed by atoms with Crippen molar-refractivity contribution in [3.8, 4) is 0 Å². The third-order valence-corrected chi connectivity index (χ3v) is 3.70. The van der Waals surface area contributed by atoms with Crippen LogP contribution in [0.5, 0.6) is 0 Å². The number of aliphatic hydroxyl groups excluding tert-OH is 1. The molecule has 0 saturated carbocycles. The van der Waals surface area contributed by atoms with Crippen molar-refractivity contribution in [3.05, 3.63) is 59.5 Å². The van der Waals surface area contributed by atoms with E-state index in [1.54, 1.807) is 6.26 Å². The molecule has 0 aliphatic heterocycles. The third kappa shape index (κ3) is 2.60. The maximum Gasteiger partial charge on any atom is 0.221 e. The number of benzene rings is 1. The molecule has 2 unspecified atom stereocenters. The highest BCUT2D eigenvalue weighted by Gasteiger charge is 2.31. The molecule has 3 rings (SSSR count). The summed E-state index contributed by atoms with van der Waals surface area (Å²) in [5, 5.41) is 13.0. The molecule has 1 aromatic heterocycles. The number of furan rings is 1. The van der Waals surface area contributed by atoms with Crippen LogP contribution in [0.4, 0.5) is 0 Å². The SMILES string of the molecule is O=C(CCc1ccco1)NC1c2ccccc2CC1O. The summed E-state index contributed by atoms with van der Waals surface area (Å²) in [6, 6.07) is 11.2. The van der Waals surface area contributed by atoms with Crippen LogP contribution in [0.1, 0.15) is 29.3 Å². The number of carbonyl (C=O) groups excluding carboxylic acids is 1. The molecule has 20 heavy (non-hydrogen) atoms. The number of carbonyl (C=O) groups is 1. The average Bonchev–Trinajstić information content (AvgIpc) is 3.06. The van der Waals surface area contributed by atoms with E-state index in [1.165, 1.54) is 0 Å². The molecule has 4 nitrogen and oxygen atoms in total. The molecular formula is C16H17NO3. The van der Waals surface area contributed by atoms with Gasteiger partial charge in [0.1, 0.15) is 5.76 Å². The van der Waals surface area contributed by atoms with Crippen molar-refractivity contribution in [1.29, 1.82) is 0 Å². The Balaban J connectivity index is 1.61. The molecule has 0 radical (unpaired) electrons. The molecule has 0 spiro atoms. The molecule has 0 fully saturated rings. The Labute approximate surface area is 117 Å². The van der Waals surface area contributed by atoms with Gasteiger partial charge < -0.3 is 14.8 Å². The monoisotopic (exact) mass is 271 g/mol. The van der Waals surface area contributed by atoms with E-state index < -0.39 is 6.10 Å². The molecule has 0 bridgehead atoms. The van der Waals surface area contributed by atoms with Crippen LogP contribution in [0, 0.1) is 0 Å². The van der Waals surface area contributed by atoms with Gasteiger partial charge >= 0.3 is 0 Å². The summed E-state index contributed by atoms with van der Waals surface area (Å²) < 4.78 is 5.20. The third-order valence-electron chi connectivity index (χ3n) is 3.70. The second-order valence-corrected chi connectivity index (χ2v) is 5.09. The van der Waals surface area contributed by atoms with Gasteiger partial charge in [-0.15, -0.1) is 0 Å². The molecule has 2 N–H and O–H groups in total. The van der Waals surface area contributed by atoms with Crippen molar-refractivity contribution >= 4 is 5.91 Å². The Morgan fingerprint density at radius 2 is 2.15 bits per heavy atom. The fourth-order valence-electron chi connectivity index (χ4n) is 2.69. The predicted octanol–water partition coefficient (Wildman–Crippen LogP) is 1.99. The first-order chi connectivity index (χ1) is 9.74. The van der Waals surface area contributed by atoms with Crippen LogP contribution >= 0.6 is 0 Å². The average molecular weight is 271 g/mol. The van der Waals surface area contributed by atoms with E-state index in [4.69, 9.17) is 4.42 Å². The van der Waals surface area contributed by atoms with Gasteiger partial charge in [0, 0.05) is 19.3 Å². The summed E-state index contributed by atoms with van der Waals surface area (Å²) >= 11 is 0. The summed E-state index contributed by atoms with van der Waals surface area (Å²) in [4.78, 5) is 12.0. The van der Waals surface area contributed by atoms with Gasteiger partial charge in [0.2, 0.25) is 5.91 Å². The fourth-order valence-corrected chi connectivity index (χ4v) is 2.69. The quantitative estimate of drug-likeness (QED) is 0.894. The minimum Gasteiger partial charge on any atom is -0.469 e. The first kappa shape index (κ1) is 12.9. The Morgan fingerprint density at radius 1 is 1.30 bits per heavy atom. The highest BCUT2D eigenvalue weighted by atomic mass is 16.3. The summed E-state index contributed by atoms with van der Waals surface area (Å²) in [5.41, 5.74) is 2.13. The lowest BCUT2D eigenvalue weighted by molar-refractivity contribution is -0.122. The minimum atomic E-state index is -0.542. The van der Waals surface area contributed by atoms with E-state index in [0.29, 0.717) is 19.3 Å². The van der Waals surface area contributed by atoms with Crippen LogP contribution in [0.15, 0.2) is 47.1 Å². The van der Waals surface area contributed by atoms with Crippen molar-refractivity contribution in [1.82, 2.24) is 5.32 Å². The first-order valence-corrected chi connectivity index (χ1v) is 6.81. The van der Waals surface area contributed by atoms with E-state index in [1.807, 2.05) is 36.4 Å². The summed E-state index contributed by atoms with van der Waals surface area (Å²) in [6.45, 7) is 0. The molecule has 2 atom stereocenters. The zero-order chi connectivity index (χ0) is 13.9. The number of amides is 1. The number of rotatable bonds is 4. The summed E-state index contributed by atoms with van der Waals surface area (Å²) in [5.74, 6) is 0.731. The highest BCUT2D eigenvalue weighted by Crippen LogP contribution is 2.31. The highest BCUT2D eigenvalue weighted by molar-refractivity contribution is 5.77. The van der Waals surface area contributed by atoms with Gasteiger partial charge in [0.05, 0.1) is 18.4 Å². The van der Waals surface area contributed by atoms with E-state index >= 15 is 0 Å².